The van der Waals surface area contributed by atoms with Crippen molar-refractivity contribution in [2.45, 2.75) is 58.0 Å². The van der Waals surface area contributed by atoms with Crippen molar-refractivity contribution in [2.75, 3.05) is 65.6 Å². The van der Waals surface area contributed by atoms with E-state index in [0.717, 1.165) is 22.3 Å². The first-order chi connectivity index (χ1) is 24.3. The minimum atomic E-state index is -1.01. The molecule has 0 unspecified atom stereocenters. The van der Waals surface area contributed by atoms with Crippen molar-refractivity contribution < 1.29 is 19.1 Å². The molecule has 0 aliphatic carbocycles. The van der Waals surface area contributed by atoms with Gasteiger partial charge in [0, 0.05) is 49.3 Å². The highest BCUT2D eigenvalue weighted by Gasteiger charge is 2.60. The van der Waals surface area contributed by atoms with Crippen LogP contribution in [0.3, 0.4) is 0 Å². The first-order valence-electron chi connectivity index (χ1n) is 17.8. The zero-order chi connectivity index (χ0) is 36.6. The number of carbonyl (C=O) groups is 2. The molecule has 3 aliphatic heterocycles. The van der Waals surface area contributed by atoms with E-state index in [1.165, 1.54) is 0 Å². The number of benzene rings is 3. The van der Waals surface area contributed by atoms with Crippen molar-refractivity contribution in [3.63, 3.8) is 0 Å². The molecule has 3 aromatic carbocycles. The largest absolute Gasteiger partial charge is 0.493 e. The van der Waals surface area contributed by atoms with E-state index < -0.39 is 11.1 Å². The fraction of sp³-hybridized carbons (Fsp3) is 0.475. The smallest absolute Gasteiger partial charge is 0.326 e. The lowest BCUT2D eigenvalue weighted by atomic mass is 9.71. The predicted octanol–water partition coefficient (Wildman–Crippen LogP) is 7.60. The zero-order valence-electron chi connectivity index (χ0n) is 31.0. The zero-order valence-corrected chi connectivity index (χ0v) is 33.3. The number of aliphatic imine (C=N–C) groups is 1. The number of ether oxygens (including phenoxy) is 2. The highest BCUT2D eigenvalue weighted by molar-refractivity contribution is 6.30. The Morgan fingerprint density at radius 2 is 1.40 bits per heavy atom. The van der Waals surface area contributed by atoms with E-state index in [1.807, 2.05) is 76.2 Å². The number of hydrogen-bond acceptors (Lipinski definition) is 6. The lowest BCUT2D eigenvalue weighted by Crippen LogP contribution is -2.61. The molecule has 2 atom stereocenters. The van der Waals surface area contributed by atoms with Gasteiger partial charge in [-0.15, -0.1) is 12.4 Å². The monoisotopic (exact) mass is 769 g/mol. The van der Waals surface area contributed by atoms with Gasteiger partial charge >= 0.3 is 6.03 Å². The summed E-state index contributed by atoms with van der Waals surface area (Å²) in [6, 6.07) is 21.4. The van der Waals surface area contributed by atoms with Gasteiger partial charge < -0.3 is 19.3 Å². The molecule has 3 aromatic rings. The van der Waals surface area contributed by atoms with Crippen LogP contribution in [-0.2, 0) is 26.0 Å². The summed E-state index contributed by atoms with van der Waals surface area (Å²) in [6.45, 7) is 17.9. The van der Waals surface area contributed by atoms with Gasteiger partial charge in [0.15, 0.2) is 0 Å². The van der Waals surface area contributed by atoms with Crippen LogP contribution in [0.5, 0.6) is 5.75 Å². The van der Waals surface area contributed by atoms with Crippen LogP contribution in [0.2, 0.25) is 10.0 Å². The number of halogens is 3. The standard InChI is InChI=1S/C40H49Cl2N5O4.ClH/c1-7-51-34-26-30(38(2,3)4)12-17-33(34)36-43-39(5,28-8-13-31(41)14-9-28)40(6,29-10-15-32(42)16-11-29)47(36)37(49)46-20-18-44(19-21-46)27-35(48)45-22-24-50-25-23-45;/h8-17,26H,7,18-25,27H2,1-6H3;1H/t39-,40+;/m0./s1. The molecule has 0 saturated carbocycles. The summed E-state index contributed by atoms with van der Waals surface area (Å²) in [4.78, 5) is 41.6. The van der Waals surface area contributed by atoms with Gasteiger partial charge in [0.25, 0.3) is 0 Å². The van der Waals surface area contributed by atoms with Gasteiger partial charge in [-0.05, 0) is 79.3 Å². The number of nitrogens with zero attached hydrogens (tertiary/aromatic N) is 5. The minimum Gasteiger partial charge on any atom is -0.493 e. The Hall–Kier alpha value is -3.34. The molecule has 0 spiro atoms. The molecule has 280 valence electrons. The van der Waals surface area contributed by atoms with Crippen molar-refractivity contribution in [1.82, 2.24) is 19.6 Å². The van der Waals surface area contributed by atoms with E-state index >= 15 is 4.79 Å². The number of carbonyl (C=O) groups excluding carboxylic acids is 2. The number of piperazine rings is 1. The maximum Gasteiger partial charge on any atom is 0.326 e. The molecule has 0 radical (unpaired) electrons. The molecule has 3 amide bonds. The third-order valence-corrected chi connectivity index (χ3v) is 11.2. The van der Waals surface area contributed by atoms with Crippen LogP contribution >= 0.6 is 35.6 Å². The third-order valence-electron chi connectivity index (χ3n) is 10.7. The number of hydrogen-bond donors (Lipinski definition) is 0. The van der Waals surface area contributed by atoms with Crippen LogP contribution in [0.25, 0.3) is 0 Å². The fourth-order valence-corrected chi connectivity index (χ4v) is 7.61. The van der Waals surface area contributed by atoms with Crippen molar-refractivity contribution >= 4 is 53.4 Å². The van der Waals surface area contributed by atoms with Gasteiger partial charge in [0.1, 0.15) is 22.7 Å². The average Bonchev–Trinajstić information content (AvgIpc) is 3.36. The summed E-state index contributed by atoms with van der Waals surface area (Å²) in [5.74, 6) is 1.30. The van der Waals surface area contributed by atoms with E-state index in [9.17, 15) is 4.79 Å². The van der Waals surface area contributed by atoms with Crippen molar-refractivity contribution in [2.24, 2.45) is 4.99 Å². The molecule has 9 nitrogen and oxygen atoms in total. The number of morpholine rings is 1. The maximum absolute atomic E-state index is 15.3. The number of rotatable bonds is 7. The summed E-state index contributed by atoms with van der Waals surface area (Å²) in [7, 11) is 0. The lowest BCUT2D eigenvalue weighted by molar-refractivity contribution is -0.136. The topological polar surface area (TPSA) is 77.9 Å². The van der Waals surface area contributed by atoms with Gasteiger partial charge in [-0.1, -0.05) is 74.3 Å². The second kappa shape index (κ2) is 15.9. The van der Waals surface area contributed by atoms with E-state index in [0.29, 0.717) is 87.3 Å². The van der Waals surface area contributed by atoms with Gasteiger partial charge in [-0.25, -0.2) is 4.79 Å². The van der Waals surface area contributed by atoms with Gasteiger partial charge in [0.2, 0.25) is 5.91 Å². The summed E-state index contributed by atoms with van der Waals surface area (Å²) in [6.07, 6.45) is 0. The van der Waals surface area contributed by atoms with Gasteiger partial charge in [-0.3, -0.25) is 19.6 Å². The number of urea groups is 1. The molecular weight excluding hydrogens is 721 g/mol. The third kappa shape index (κ3) is 7.66. The highest BCUT2D eigenvalue weighted by Crippen LogP contribution is 2.54. The van der Waals surface area contributed by atoms with E-state index in [4.69, 9.17) is 37.7 Å². The molecule has 0 aromatic heterocycles. The summed E-state index contributed by atoms with van der Waals surface area (Å²) in [5.41, 5.74) is 1.59. The Kier molecular flexibility index (Phi) is 12.2. The highest BCUT2D eigenvalue weighted by atomic mass is 35.5. The minimum absolute atomic E-state index is 0. The van der Waals surface area contributed by atoms with Crippen LogP contribution in [-0.4, -0.2) is 103 Å². The summed E-state index contributed by atoms with van der Waals surface area (Å²) < 4.78 is 11.7. The Morgan fingerprint density at radius 1 is 0.827 bits per heavy atom. The molecule has 0 bridgehead atoms. The van der Waals surface area contributed by atoms with Crippen LogP contribution in [0.15, 0.2) is 71.7 Å². The normalized spacial score (nSPS) is 22.5. The maximum atomic E-state index is 15.3. The SMILES string of the molecule is CCOc1cc(C(C)(C)C)ccc1C1=N[C@@](C)(c2ccc(Cl)cc2)[C@@](C)(c2ccc(Cl)cc2)N1C(=O)N1CCN(CC(=O)N2CCOCC2)CC1.Cl. The number of amides is 3. The van der Waals surface area contributed by atoms with Crippen molar-refractivity contribution in [1.29, 1.82) is 0 Å². The van der Waals surface area contributed by atoms with E-state index in [2.05, 4.69) is 51.7 Å². The van der Waals surface area contributed by atoms with E-state index in [1.54, 1.807) is 0 Å². The molecular formula is C40H50Cl3N5O4. The molecule has 52 heavy (non-hydrogen) atoms. The molecule has 12 heteroatoms. The second-order valence-electron chi connectivity index (χ2n) is 14.9. The molecule has 6 rings (SSSR count). The molecule has 2 saturated heterocycles. The summed E-state index contributed by atoms with van der Waals surface area (Å²) in [5, 5.41) is 1.22. The quantitative estimate of drug-likeness (QED) is 0.248. The van der Waals surface area contributed by atoms with Crippen LogP contribution in [0, 0.1) is 0 Å². The molecule has 3 aliphatic rings. The first-order valence-corrected chi connectivity index (χ1v) is 18.6. The molecule has 0 N–H and O–H groups in total. The molecule has 3 heterocycles. The van der Waals surface area contributed by atoms with Crippen LogP contribution < -0.4 is 4.74 Å². The summed E-state index contributed by atoms with van der Waals surface area (Å²) >= 11 is 12.8. The van der Waals surface area contributed by atoms with Gasteiger partial charge in [-0.2, -0.15) is 0 Å². The van der Waals surface area contributed by atoms with Gasteiger partial charge in [0.05, 0.1) is 31.9 Å². The van der Waals surface area contributed by atoms with Crippen LogP contribution in [0.1, 0.15) is 63.8 Å². The van der Waals surface area contributed by atoms with Crippen molar-refractivity contribution in [3.05, 3.63) is 99.0 Å². The Labute approximate surface area is 324 Å². The Balaban J connectivity index is 0.00000523. The molecule has 2 fully saturated rings. The average molecular weight is 771 g/mol. The number of amidine groups is 1. The Bertz CT molecular complexity index is 1770. The second-order valence-corrected chi connectivity index (χ2v) is 15.7. The lowest BCUT2D eigenvalue weighted by Gasteiger charge is -2.47. The van der Waals surface area contributed by atoms with Crippen molar-refractivity contribution in [3.8, 4) is 5.75 Å². The predicted molar refractivity (Wildman–Crippen MR) is 210 cm³/mol. The fourth-order valence-electron chi connectivity index (χ4n) is 7.36. The first kappa shape index (κ1) is 39.9. The van der Waals surface area contributed by atoms with E-state index in [-0.39, 0.29) is 29.8 Å². The Morgan fingerprint density at radius 3 is 1.96 bits per heavy atom. The van der Waals surface area contributed by atoms with Crippen LogP contribution in [0.4, 0.5) is 4.79 Å².